The van der Waals surface area contributed by atoms with E-state index in [1.165, 1.54) is 0 Å². The lowest BCUT2D eigenvalue weighted by molar-refractivity contribution is -0.124. The van der Waals surface area contributed by atoms with Gasteiger partial charge in [0.05, 0.1) is 12.6 Å². The maximum absolute atomic E-state index is 13.4. The molecule has 7 heteroatoms. The summed E-state index contributed by atoms with van der Waals surface area (Å²) in [6.07, 6.45) is 27.6. The first-order valence-corrected chi connectivity index (χ1v) is 16.9. The molecule has 2 amide bonds. The van der Waals surface area contributed by atoms with E-state index in [9.17, 15) is 9.59 Å². The molecule has 1 atom stereocenters. The second kappa shape index (κ2) is 30.7. The lowest BCUT2D eigenvalue weighted by Gasteiger charge is -2.27. The van der Waals surface area contributed by atoms with Crippen molar-refractivity contribution in [3.05, 3.63) is 84.1 Å². The lowest BCUT2D eigenvalue weighted by atomic mass is 10.0. The van der Waals surface area contributed by atoms with Crippen LogP contribution in [0.4, 0.5) is 0 Å². The van der Waals surface area contributed by atoms with Crippen LogP contribution in [0.25, 0.3) is 0 Å². The highest BCUT2D eigenvalue weighted by molar-refractivity contribution is 6.45. The summed E-state index contributed by atoms with van der Waals surface area (Å²) in [5, 5.41) is 5.50. The van der Waals surface area contributed by atoms with Gasteiger partial charge in [-0.2, -0.15) is 0 Å². The SMILES string of the molecule is C=C(C/C=C(\C=C/CN)/C=C/C=C/CC/C=C\C)C1CCCN1C(=O)C(=NCC)/C(C)=C\CC.CC.CCCNCC(=O)NC. The molecule has 1 aliphatic heterocycles. The number of allylic oxidation sites excluding steroid dienone is 10. The van der Waals surface area contributed by atoms with Crippen LogP contribution in [0, 0.1) is 0 Å². The van der Waals surface area contributed by atoms with Crippen LogP contribution >= 0.6 is 0 Å². The average molecular weight is 624 g/mol. The van der Waals surface area contributed by atoms with Gasteiger partial charge in [0.15, 0.2) is 0 Å². The third-order valence-electron chi connectivity index (χ3n) is 6.70. The fourth-order valence-electron chi connectivity index (χ4n) is 4.44. The highest BCUT2D eigenvalue weighted by Crippen LogP contribution is 2.26. The first-order chi connectivity index (χ1) is 21.8. The Balaban J connectivity index is 0. The summed E-state index contributed by atoms with van der Waals surface area (Å²) in [5.41, 5.74) is 9.38. The highest BCUT2D eigenvalue weighted by Gasteiger charge is 2.32. The number of carbonyl (C=O) groups is 2. The number of nitrogens with two attached hydrogens (primary N) is 1. The smallest absolute Gasteiger partial charge is 0.272 e. The van der Waals surface area contributed by atoms with Crippen molar-refractivity contribution in [1.29, 1.82) is 0 Å². The molecule has 4 N–H and O–H groups in total. The maximum Gasteiger partial charge on any atom is 0.272 e. The highest BCUT2D eigenvalue weighted by atomic mass is 16.2. The standard InChI is InChI=1S/C30H45N3O.C6H14N2O.C2H6/c1-6-9-10-11-12-13-14-18-27(19-15-23-31)22-21-25(4)28-20-16-24-33(28)30(34)29(32-8-3)26(5)17-7-2;1-3-4-8-5-6(9)7-2;1-2/h6,9,12-15,17-19,22,28H,4,7-8,10-11,16,20-21,23-24,31H2,1-3,5H3;8H,3-5H2,1-2H3,(H,7,9);1-2H3/b9-6-,13-12+,18-14+,19-15-,26-17-,27-22-,32-29?;;. The fourth-order valence-corrected chi connectivity index (χ4v) is 4.44. The van der Waals surface area contributed by atoms with Crippen molar-refractivity contribution in [3.8, 4) is 0 Å². The molecule has 7 nitrogen and oxygen atoms in total. The van der Waals surface area contributed by atoms with Crippen molar-refractivity contribution in [1.82, 2.24) is 15.5 Å². The molecule has 0 saturated carbocycles. The summed E-state index contributed by atoms with van der Waals surface area (Å²) in [6.45, 7) is 21.7. The molecule has 1 unspecified atom stereocenters. The van der Waals surface area contributed by atoms with Crippen LogP contribution in [0.3, 0.4) is 0 Å². The molecule has 0 aromatic carbocycles. The first kappa shape index (κ1) is 43.8. The number of amides is 2. The molecule has 45 heavy (non-hydrogen) atoms. The number of aliphatic imine (C=N–C) groups is 1. The number of rotatable bonds is 18. The minimum atomic E-state index is 0.0304. The van der Waals surface area contributed by atoms with Crippen molar-refractivity contribution in [3.63, 3.8) is 0 Å². The van der Waals surface area contributed by atoms with Gasteiger partial charge in [-0.15, -0.1) is 0 Å². The van der Waals surface area contributed by atoms with Crippen LogP contribution in [0.1, 0.15) is 93.4 Å². The zero-order valence-electron chi connectivity index (χ0n) is 29.8. The van der Waals surface area contributed by atoms with Gasteiger partial charge in [-0.25, -0.2) is 0 Å². The van der Waals surface area contributed by atoms with E-state index < -0.39 is 0 Å². The molecular weight excluding hydrogens is 558 g/mol. The Bertz CT molecular complexity index is 1030. The Kier molecular flexibility index (Phi) is 29.9. The van der Waals surface area contributed by atoms with E-state index >= 15 is 0 Å². The Morgan fingerprint density at radius 1 is 1.04 bits per heavy atom. The largest absolute Gasteiger partial charge is 0.358 e. The van der Waals surface area contributed by atoms with E-state index in [1.54, 1.807) is 7.05 Å². The van der Waals surface area contributed by atoms with Crippen LogP contribution in [0.2, 0.25) is 0 Å². The molecular formula is C38H65N5O2. The van der Waals surface area contributed by atoms with Crippen molar-refractivity contribution in [2.75, 3.05) is 39.8 Å². The van der Waals surface area contributed by atoms with Gasteiger partial charge in [0, 0.05) is 26.7 Å². The molecule has 1 saturated heterocycles. The number of hydrogen-bond donors (Lipinski definition) is 3. The Hall–Kier alpha value is -3.29. The average Bonchev–Trinajstić information content (AvgIpc) is 3.55. The van der Waals surface area contributed by atoms with Crippen LogP contribution in [0.5, 0.6) is 0 Å². The Morgan fingerprint density at radius 3 is 2.36 bits per heavy atom. The van der Waals surface area contributed by atoms with Crippen molar-refractivity contribution in [2.24, 2.45) is 10.7 Å². The number of likely N-dealkylation sites (N-methyl/N-ethyl adjacent to an activating group) is 1. The molecule has 1 rings (SSSR count). The predicted octanol–water partition coefficient (Wildman–Crippen LogP) is 7.41. The fraction of sp³-hybridized carbons (Fsp3) is 0.553. The number of hydrogen-bond acceptors (Lipinski definition) is 5. The van der Waals surface area contributed by atoms with Crippen LogP contribution in [0.15, 0.2) is 89.1 Å². The monoisotopic (exact) mass is 624 g/mol. The second-order valence-electron chi connectivity index (χ2n) is 10.3. The number of nitrogens with zero attached hydrogens (tertiary/aromatic N) is 2. The third kappa shape index (κ3) is 21.1. The van der Waals surface area contributed by atoms with Gasteiger partial charge in [0.25, 0.3) is 5.91 Å². The van der Waals surface area contributed by atoms with Crippen LogP contribution in [-0.2, 0) is 9.59 Å². The van der Waals surface area contributed by atoms with Crippen molar-refractivity contribution in [2.45, 2.75) is 99.5 Å². The topological polar surface area (TPSA) is 99.8 Å². The number of nitrogens with one attached hydrogen (secondary N) is 2. The van der Waals surface area contributed by atoms with Gasteiger partial charge in [-0.05, 0) is 83.4 Å². The molecule has 0 spiro atoms. The van der Waals surface area contributed by atoms with Crippen LogP contribution < -0.4 is 16.4 Å². The molecule has 0 radical (unpaired) electrons. The van der Waals surface area contributed by atoms with E-state index in [4.69, 9.17) is 5.73 Å². The normalized spacial score (nSPS) is 15.9. The summed E-state index contributed by atoms with van der Waals surface area (Å²) in [4.78, 5) is 30.4. The summed E-state index contributed by atoms with van der Waals surface area (Å²) in [6, 6.07) is 0.0514. The van der Waals surface area contributed by atoms with E-state index in [0.717, 1.165) is 74.8 Å². The van der Waals surface area contributed by atoms with Crippen molar-refractivity contribution < 1.29 is 9.59 Å². The second-order valence-corrected chi connectivity index (χ2v) is 10.3. The molecule has 0 bridgehead atoms. The van der Waals surface area contributed by atoms with Gasteiger partial charge in [0.1, 0.15) is 5.71 Å². The van der Waals surface area contributed by atoms with Gasteiger partial charge in [-0.1, -0.05) is 101 Å². The quantitative estimate of drug-likeness (QED) is 0.0641. The molecule has 0 aromatic heterocycles. The molecule has 254 valence electrons. The Labute approximate surface area is 276 Å². The minimum absolute atomic E-state index is 0.0304. The zero-order valence-corrected chi connectivity index (χ0v) is 29.8. The van der Waals surface area contributed by atoms with E-state index in [0.29, 0.717) is 25.3 Å². The van der Waals surface area contributed by atoms with Gasteiger partial charge in [0.2, 0.25) is 5.91 Å². The molecule has 1 heterocycles. The zero-order chi connectivity index (χ0) is 34.3. The molecule has 1 fully saturated rings. The first-order valence-electron chi connectivity index (χ1n) is 16.9. The minimum Gasteiger partial charge on any atom is -0.358 e. The summed E-state index contributed by atoms with van der Waals surface area (Å²) in [7, 11) is 1.63. The number of likely N-dealkylation sites (tertiary alicyclic amines) is 1. The maximum atomic E-state index is 13.4. The lowest BCUT2D eigenvalue weighted by Crippen LogP contribution is -2.41. The van der Waals surface area contributed by atoms with Crippen molar-refractivity contribution >= 4 is 17.5 Å². The number of carbonyl (C=O) groups excluding carboxylic acids is 2. The van der Waals surface area contributed by atoms with E-state index in [1.807, 2.05) is 51.7 Å². The third-order valence-corrected chi connectivity index (χ3v) is 6.70. The summed E-state index contributed by atoms with van der Waals surface area (Å²) >= 11 is 0. The van der Waals surface area contributed by atoms with Crippen LogP contribution in [-0.4, -0.2) is 68.2 Å². The Morgan fingerprint density at radius 2 is 1.76 bits per heavy atom. The van der Waals surface area contributed by atoms with Gasteiger partial charge >= 0.3 is 0 Å². The summed E-state index contributed by atoms with van der Waals surface area (Å²) in [5.74, 6) is 0.0753. The van der Waals surface area contributed by atoms with E-state index in [2.05, 4.69) is 84.7 Å². The molecule has 0 aromatic rings. The van der Waals surface area contributed by atoms with E-state index in [-0.39, 0.29) is 17.9 Å². The number of unbranched alkanes of at least 4 members (excludes halogenated alkanes) is 1. The predicted molar refractivity (Wildman–Crippen MR) is 198 cm³/mol. The summed E-state index contributed by atoms with van der Waals surface area (Å²) < 4.78 is 0. The molecule has 1 aliphatic rings. The molecule has 0 aliphatic carbocycles. The van der Waals surface area contributed by atoms with Gasteiger partial charge in [-0.3, -0.25) is 14.6 Å². The van der Waals surface area contributed by atoms with Gasteiger partial charge < -0.3 is 21.3 Å².